The first kappa shape index (κ1) is 17.8. The molecule has 0 radical (unpaired) electrons. The zero-order valence-electron chi connectivity index (χ0n) is 13.1. The molecule has 0 aliphatic carbocycles. The number of ether oxygens (including phenoxy) is 2. The van der Waals surface area contributed by atoms with Crippen LogP contribution in [-0.2, 0) is 9.53 Å². The maximum Gasteiger partial charge on any atom is 0.341 e. The molecule has 2 aromatic rings. The molecule has 0 saturated heterocycles. The van der Waals surface area contributed by atoms with E-state index in [2.05, 4.69) is 26.0 Å². The molecule has 2 rings (SSSR count). The zero-order chi connectivity index (χ0) is 17.7. The lowest BCUT2D eigenvalue weighted by Gasteiger charge is -2.16. The lowest BCUT2D eigenvalue weighted by molar-refractivity contribution is -0.122. The van der Waals surface area contributed by atoms with Gasteiger partial charge in [-0.05, 0) is 43.3 Å². The number of halogens is 1. The molecule has 1 unspecified atom stereocenters. The number of esters is 1. The van der Waals surface area contributed by atoms with Gasteiger partial charge >= 0.3 is 5.97 Å². The van der Waals surface area contributed by atoms with Gasteiger partial charge in [0.25, 0.3) is 5.91 Å². The third kappa shape index (κ3) is 4.26. The molecule has 0 aliphatic rings. The highest BCUT2D eigenvalue weighted by atomic mass is 79.9. The molecule has 7 heteroatoms. The molecular formula is C17H16BrNO5. The van der Waals surface area contributed by atoms with Crippen LogP contribution >= 0.6 is 15.9 Å². The van der Waals surface area contributed by atoms with E-state index in [1.165, 1.54) is 25.3 Å². The summed E-state index contributed by atoms with van der Waals surface area (Å²) in [5.41, 5.74) is 0.0749. The number of aromatic hydroxyl groups is 1. The van der Waals surface area contributed by atoms with Gasteiger partial charge in [-0.2, -0.15) is 0 Å². The van der Waals surface area contributed by atoms with Crippen molar-refractivity contribution in [2.75, 3.05) is 12.4 Å². The number of nitrogens with one attached hydrogen (secondary N) is 1. The van der Waals surface area contributed by atoms with Crippen LogP contribution in [-0.4, -0.2) is 30.2 Å². The Morgan fingerprint density at radius 2 is 1.83 bits per heavy atom. The summed E-state index contributed by atoms with van der Waals surface area (Å²) in [6.07, 6.45) is -0.799. The fraction of sp³-hybridized carbons (Fsp3) is 0.176. The number of para-hydroxylation sites is 1. The Balaban J connectivity index is 2.08. The zero-order valence-corrected chi connectivity index (χ0v) is 14.7. The molecule has 1 atom stereocenters. The summed E-state index contributed by atoms with van der Waals surface area (Å²) in [7, 11) is 1.21. The van der Waals surface area contributed by atoms with Crippen LogP contribution in [0.3, 0.4) is 0 Å². The van der Waals surface area contributed by atoms with Crippen LogP contribution in [0.25, 0.3) is 0 Å². The van der Waals surface area contributed by atoms with E-state index >= 15 is 0 Å². The van der Waals surface area contributed by atoms with Crippen LogP contribution in [0.15, 0.2) is 46.9 Å². The monoisotopic (exact) mass is 393 g/mol. The number of benzene rings is 2. The highest BCUT2D eigenvalue weighted by Crippen LogP contribution is 2.28. The quantitative estimate of drug-likeness (QED) is 0.600. The lowest BCUT2D eigenvalue weighted by atomic mass is 10.1. The fourth-order valence-corrected chi connectivity index (χ4v) is 2.19. The van der Waals surface area contributed by atoms with E-state index in [0.29, 0.717) is 5.75 Å². The van der Waals surface area contributed by atoms with Gasteiger partial charge in [-0.3, -0.25) is 4.79 Å². The molecule has 0 heterocycles. The molecule has 1 amide bonds. The van der Waals surface area contributed by atoms with Gasteiger partial charge in [-0.1, -0.05) is 22.0 Å². The van der Waals surface area contributed by atoms with E-state index in [0.717, 1.165) is 4.47 Å². The minimum absolute atomic E-state index is 0.0308. The molecule has 24 heavy (non-hydrogen) atoms. The van der Waals surface area contributed by atoms with E-state index in [1.807, 2.05) is 0 Å². The predicted molar refractivity (Wildman–Crippen MR) is 92.3 cm³/mol. The Bertz CT molecular complexity index is 745. The van der Waals surface area contributed by atoms with Crippen molar-refractivity contribution >= 4 is 33.5 Å². The second-order valence-corrected chi connectivity index (χ2v) is 5.81. The van der Waals surface area contributed by atoms with E-state index in [9.17, 15) is 14.7 Å². The molecule has 0 bridgehead atoms. The largest absolute Gasteiger partial charge is 0.505 e. The van der Waals surface area contributed by atoms with Gasteiger partial charge in [0.05, 0.1) is 12.8 Å². The number of methoxy groups -OCH3 is 1. The standard InChI is InChI=1S/C17H16BrNO5/c1-10(24-12-8-6-11(18)7-9-12)16(21)19-14-5-3-4-13(15(14)20)17(22)23-2/h3-10,20H,1-2H3,(H,19,21). The Hall–Kier alpha value is -2.54. The fourth-order valence-electron chi connectivity index (χ4n) is 1.92. The highest BCUT2D eigenvalue weighted by Gasteiger charge is 2.19. The number of rotatable bonds is 5. The number of amides is 1. The molecule has 0 spiro atoms. The van der Waals surface area contributed by atoms with Crippen molar-refractivity contribution in [3.63, 3.8) is 0 Å². The number of hydrogen-bond acceptors (Lipinski definition) is 5. The maximum atomic E-state index is 12.2. The van der Waals surface area contributed by atoms with E-state index in [4.69, 9.17) is 4.74 Å². The van der Waals surface area contributed by atoms with Crippen LogP contribution in [0.5, 0.6) is 11.5 Å². The predicted octanol–water partition coefficient (Wildman–Crippen LogP) is 3.35. The first-order valence-corrected chi connectivity index (χ1v) is 7.85. The highest BCUT2D eigenvalue weighted by molar-refractivity contribution is 9.10. The molecule has 0 saturated carbocycles. The number of carbonyl (C=O) groups is 2. The minimum Gasteiger partial charge on any atom is -0.505 e. The van der Waals surface area contributed by atoms with Crippen molar-refractivity contribution in [3.8, 4) is 11.5 Å². The van der Waals surface area contributed by atoms with Gasteiger partial charge in [0.1, 0.15) is 11.3 Å². The molecule has 6 nitrogen and oxygen atoms in total. The van der Waals surface area contributed by atoms with Crippen molar-refractivity contribution in [1.82, 2.24) is 0 Å². The van der Waals surface area contributed by atoms with Gasteiger partial charge in [0.15, 0.2) is 11.9 Å². The first-order chi connectivity index (χ1) is 11.4. The average Bonchev–Trinajstić information content (AvgIpc) is 2.58. The van der Waals surface area contributed by atoms with Gasteiger partial charge in [0, 0.05) is 4.47 Å². The molecule has 0 fully saturated rings. The maximum absolute atomic E-state index is 12.2. The van der Waals surface area contributed by atoms with Crippen LogP contribution in [0.2, 0.25) is 0 Å². The van der Waals surface area contributed by atoms with Crippen molar-refractivity contribution in [3.05, 3.63) is 52.5 Å². The Morgan fingerprint density at radius 1 is 1.17 bits per heavy atom. The number of phenols is 1. The van der Waals surface area contributed by atoms with Crippen LogP contribution in [0.4, 0.5) is 5.69 Å². The second-order valence-electron chi connectivity index (χ2n) is 4.90. The molecule has 0 aromatic heterocycles. The molecule has 2 N–H and O–H groups in total. The molecule has 0 aliphatic heterocycles. The van der Waals surface area contributed by atoms with Gasteiger partial charge < -0.3 is 19.9 Å². The van der Waals surface area contributed by atoms with Gasteiger partial charge in [-0.25, -0.2) is 4.79 Å². The number of anilines is 1. The van der Waals surface area contributed by atoms with Gasteiger partial charge in [-0.15, -0.1) is 0 Å². The average molecular weight is 394 g/mol. The van der Waals surface area contributed by atoms with E-state index in [1.54, 1.807) is 31.2 Å². The van der Waals surface area contributed by atoms with Crippen molar-refractivity contribution < 1.29 is 24.2 Å². The summed E-state index contributed by atoms with van der Waals surface area (Å²) in [5, 5.41) is 12.6. The number of phenolic OH excluding ortho intramolecular Hbond substituents is 1. The lowest BCUT2D eigenvalue weighted by Crippen LogP contribution is -2.30. The Morgan fingerprint density at radius 3 is 2.46 bits per heavy atom. The summed E-state index contributed by atoms with van der Waals surface area (Å²) >= 11 is 3.32. The second kappa shape index (κ2) is 7.83. The van der Waals surface area contributed by atoms with Gasteiger partial charge in [0.2, 0.25) is 0 Å². The summed E-state index contributed by atoms with van der Waals surface area (Å²) < 4.78 is 11.0. The minimum atomic E-state index is -0.799. The summed E-state index contributed by atoms with van der Waals surface area (Å²) in [5.74, 6) is -0.972. The number of carbonyl (C=O) groups excluding carboxylic acids is 2. The Kier molecular flexibility index (Phi) is 5.81. The molecule has 126 valence electrons. The summed E-state index contributed by atoms with van der Waals surface area (Å²) in [6, 6.07) is 11.5. The van der Waals surface area contributed by atoms with Crippen LogP contribution < -0.4 is 10.1 Å². The van der Waals surface area contributed by atoms with Crippen LogP contribution in [0, 0.1) is 0 Å². The third-order valence-electron chi connectivity index (χ3n) is 3.19. The normalized spacial score (nSPS) is 11.5. The van der Waals surface area contributed by atoms with E-state index in [-0.39, 0.29) is 17.0 Å². The number of hydrogen-bond donors (Lipinski definition) is 2. The summed E-state index contributed by atoms with van der Waals surface area (Å²) in [6.45, 7) is 1.58. The first-order valence-electron chi connectivity index (χ1n) is 7.05. The summed E-state index contributed by atoms with van der Waals surface area (Å²) in [4.78, 5) is 23.8. The third-order valence-corrected chi connectivity index (χ3v) is 3.72. The molecular weight excluding hydrogens is 378 g/mol. The van der Waals surface area contributed by atoms with Crippen molar-refractivity contribution in [2.24, 2.45) is 0 Å². The smallest absolute Gasteiger partial charge is 0.341 e. The van der Waals surface area contributed by atoms with E-state index < -0.39 is 18.0 Å². The Labute approximate surface area is 147 Å². The van der Waals surface area contributed by atoms with Crippen molar-refractivity contribution in [1.29, 1.82) is 0 Å². The topological polar surface area (TPSA) is 84.9 Å². The SMILES string of the molecule is COC(=O)c1cccc(NC(=O)C(C)Oc2ccc(Br)cc2)c1O. The van der Waals surface area contributed by atoms with Crippen molar-refractivity contribution in [2.45, 2.75) is 13.0 Å². The molecule has 2 aromatic carbocycles. The van der Waals surface area contributed by atoms with Crippen LogP contribution in [0.1, 0.15) is 17.3 Å².